The highest BCUT2D eigenvalue weighted by Gasteiger charge is 2.20. The second-order valence-corrected chi connectivity index (χ2v) is 4.32. The second-order valence-electron chi connectivity index (χ2n) is 3.91. The lowest BCUT2D eigenvalue weighted by Gasteiger charge is -2.20. The number of nitrogens with two attached hydrogens (primary N) is 1. The molecule has 0 aliphatic rings. The number of benzene rings is 1. The average molecular weight is 280 g/mol. The van der Waals surface area contributed by atoms with Crippen molar-refractivity contribution in [2.75, 3.05) is 0 Å². The zero-order valence-corrected chi connectivity index (χ0v) is 11.3. The molecule has 4 N–H and O–H groups in total. The third-order valence-electron chi connectivity index (χ3n) is 2.65. The van der Waals surface area contributed by atoms with E-state index in [0.29, 0.717) is 12.0 Å². The van der Waals surface area contributed by atoms with Crippen molar-refractivity contribution in [3.63, 3.8) is 0 Å². The van der Waals surface area contributed by atoms with Gasteiger partial charge < -0.3 is 15.9 Å². The standard InChI is InChI=1S/C12H18ClNO2.ClH/c1-2-3-7-10(15)11(14)8-5-4-6-9(13)12(8)16;/h4-6,10-11,15-16H,2-3,7,14H2,1H3;1H/t10-,11+;/m1./s1. The predicted molar refractivity (Wildman–Crippen MR) is 72.8 cm³/mol. The van der Waals surface area contributed by atoms with Crippen molar-refractivity contribution in [1.29, 1.82) is 0 Å². The van der Waals surface area contributed by atoms with E-state index in [9.17, 15) is 10.2 Å². The largest absolute Gasteiger partial charge is 0.506 e. The first-order valence-corrected chi connectivity index (χ1v) is 5.86. The maximum absolute atomic E-state index is 9.84. The lowest BCUT2D eigenvalue weighted by atomic mass is 9.98. The average Bonchev–Trinajstić information content (AvgIpc) is 2.28. The molecule has 0 aliphatic heterocycles. The molecular weight excluding hydrogens is 261 g/mol. The second kappa shape index (κ2) is 7.77. The van der Waals surface area contributed by atoms with Crippen LogP contribution in [-0.2, 0) is 0 Å². The molecule has 98 valence electrons. The number of halogens is 2. The minimum Gasteiger partial charge on any atom is -0.506 e. The van der Waals surface area contributed by atoms with Crippen LogP contribution >= 0.6 is 24.0 Å². The molecule has 0 fully saturated rings. The summed E-state index contributed by atoms with van der Waals surface area (Å²) < 4.78 is 0. The Labute approximate surface area is 113 Å². The number of phenolic OH excluding ortho intramolecular Hbond substituents is 1. The van der Waals surface area contributed by atoms with Crippen LogP contribution < -0.4 is 5.73 Å². The van der Waals surface area contributed by atoms with Gasteiger partial charge in [-0.25, -0.2) is 0 Å². The molecule has 0 heterocycles. The van der Waals surface area contributed by atoms with E-state index in [-0.39, 0.29) is 23.2 Å². The highest BCUT2D eigenvalue weighted by molar-refractivity contribution is 6.32. The molecule has 5 heteroatoms. The summed E-state index contributed by atoms with van der Waals surface area (Å²) in [5, 5.41) is 19.8. The molecule has 0 spiro atoms. The molecule has 0 bridgehead atoms. The number of para-hydroxylation sites is 1. The van der Waals surface area contributed by atoms with Crippen LogP contribution in [0.4, 0.5) is 0 Å². The summed E-state index contributed by atoms with van der Waals surface area (Å²) in [7, 11) is 0. The number of hydrogen-bond acceptors (Lipinski definition) is 3. The van der Waals surface area contributed by atoms with Crippen LogP contribution in [0, 0.1) is 0 Å². The maximum atomic E-state index is 9.84. The third kappa shape index (κ3) is 4.36. The Bertz CT molecular complexity index is 347. The quantitative estimate of drug-likeness (QED) is 0.776. The van der Waals surface area contributed by atoms with Gasteiger partial charge in [0.1, 0.15) is 5.75 Å². The zero-order valence-electron chi connectivity index (χ0n) is 9.77. The van der Waals surface area contributed by atoms with Crippen molar-refractivity contribution >= 4 is 24.0 Å². The summed E-state index contributed by atoms with van der Waals surface area (Å²) in [4.78, 5) is 0. The van der Waals surface area contributed by atoms with Crippen molar-refractivity contribution in [2.24, 2.45) is 5.73 Å². The summed E-state index contributed by atoms with van der Waals surface area (Å²) in [5.74, 6) is -0.0350. The van der Waals surface area contributed by atoms with E-state index in [0.717, 1.165) is 12.8 Å². The van der Waals surface area contributed by atoms with Gasteiger partial charge in [0, 0.05) is 5.56 Å². The Morgan fingerprint density at radius 3 is 2.65 bits per heavy atom. The van der Waals surface area contributed by atoms with Gasteiger partial charge in [0.15, 0.2) is 0 Å². The fourth-order valence-corrected chi connectivity index (χ4v) is 1.78. The number of aliphatic hydroxyl groups excluding tert-OH is 1. The third-order valence-corrected chi connectivity index (χ3v) is 2.95. The molecular formula is C12H19Cl2NO2. The predicted octanol–water partition coefficient (Wildman–Crippen LogP) is 3.02. The van der Waals surface area contributed by atoms with E-state index in [4.69, 9.17) is 17.3 Å². The summed E-state index contributed by atoms with van der Waals surface area (Å²) in [6.45, 7) is 2.05. The van der Waals surface area contributed by atoms with Gasteiger partial charge in [-0.2, -0.15) is 0 Å². The smallest absolute Gasteiger partial charge is 0.139 e. The van der Waals surface area contributed by atoms with E-state index < -0.39 is 12.1 Å². The fourth-order valence-electron chi connectivity index (χ4n) is 1.60. The fraction of sp³-hybridized carbons (Fsp3) is 0.500. The molecule has 0 aromatic heterocycles. The zero-order chi connectivity index (χ0) is 12.1. The molecule has 0 radical (unpaired) electrons. The summed E-state index contributed by atoms with van der Waals surface area (Å²) >= 11 is 5.78. The van der Waals surface area contributed by atoms with E-state index in [1.807, 2.05) is 0 Å². The molecule has 1 aromatic carbocycles. The van der Waals surface area contributed by atoms with Crippen LogP contribution in [0.25, 0.3) is 0 Å². The Hall–Kier alpha value is -0.480. The Morgan fingerprint density at radius 2 is 2.06 bits per heavy atom. The number of unbranched alkanes of at least 4 members (excludes halogenated alkanes) is 1. The van der Waals surface area contributed by atoms with Gasteiger partial charge in [-0.3, -0.25) is 0 Å². The lowest BCUT2D eigenvalue weighted by molar-refractivity contribution is 0.131. The van der Waals surface area contributed by atoms with Gasteiger partial charge in [-0.1, -0.05) is 43.5 Å². The molecule has 3 nitrogen and oxygen atoms in total. The lowest BCUT2D eigenvalue weighted by Crippen LogP contribution is -2.26. The molecule has 0 unspecified atom stereocenters. The summed E-state index contributed by atoms with van der Waals surface area (Å²) in [6.07, 6.45) is 1.90. The SMILES string of the molecule is CCCC[C@@H](O)[C@@H](N)c1cccc(Cl)c1O.Cl. The number of phenols is 1. The first-order chi connectivity index (χ1) is 7.57. The van der Waals surface area contributed by atoms with E-state index in [2.05, 4.69) is 6.92 Å². The number of aliphatic hydroxyl groups is 1. The van der Waals surface area contributed by atoms with Crippen LogP contribution in [0.2, 0.25) is 5.02 Å². The Morgan fingerprint density at radius 1 is 1.41 bits per heavy atom. The number of aromatic hydroxyl groups is 1. The molecule has 0 amide bonds. The molecule has 2 atom stereocenters. The summed E-state index contributed by atoms with van der Waals surface area (Å²) in [6, 6.07) is 4.39. The molecule has 0 saturated heterocycles. The molecule has 1 rings (SSSR count). The molecule has 1 aromatic rings. The van der Waals surface area contributed by atoms with Gasteiger partial charge in [0.05, 0.1) is 17.2 Å². The first kappa shape index (κ1) is 16.5. The number of rotatable bonds is 5. The van der Waals surface area contributed by atoms with E-state index >= 15 is 0 Å². The van der Waals surface area contributed by atoms with Crippen molar-refractivity contribution in [2.45, 2.75) is 38.3 Å². The molecule has 17 heavy (non-hydrogen) atoms. The number of hydrogen-bond donors (Lipinski definition) is 3. The van der Waals surface area contributed by atoms with Crippen molar-refractivity contribution in [1.82, 2.24) is 0 Å². The minimum atomic E-state index is -0.649. The highest BCUT2D eigenvalue weighted by Crippen LogP contribution is 2.32. The van der Waals surface area contributed by atoms with Crippen molar-refractivity contribution < 1.29 is 10.2 Å². The van der Waals surface area contributed by atoms with Crippen LogP contribution in [0.15, 0.2) is 18.2 Å². The van der Waals surface area contributed by atoms with Gasteiger partial charge in [0.25, 0.3) is 0 Å². The van der Waals surface area contributed by atoms with Crippen LogP contribution in [0.3, 0.4) is 0 Å². The van der Waals surface area contributed by atoms with Crippen molar-refractivity contribution in [3.8, 4) is 5.75 Å². The topological polar surface area (TPSA) is 66.5 Å². The Balaban J connectivity index is 0.00000256. The van der Waals surface area contributed by atoms with E-state index in [1.54, 1.807) is 18.2 Å². The Kier molecular flexibility index (Phi) is 7.55. The molecule has 0 saturated carbocycles. The van der Waals surface area contributed by atoms with Gasteiger partial charge in [-0.15, -0.1) is 12.4 Å². The first-order valence-electron chi connectivity index (χ1n) is 5.49. The normalized spacial score (nSPS) is 13.9. The van der Waals surface area contributed by atoms with Crippen LogP contribution in [-0.4, -0.2) is 16.3 Å². The van der Waals surface area contributed by atoms with E-state index in [1.165, 1.54) is 0 Å². The van der Waals surface area contributed by atoms with Crippen molar-refractivity contribution in [3.05, 3.63) is 28.8 Å². The van der Waals surface area contributed by atoms with Crippen LogP contribution in [0.5, 0.6) is 5.75 Å². The minimum absolute atomic E-state index is 0. The van der Waals surface area contributed by atoms with Gasteiger partial charge >= 0.3 is 0 Å². The van der Waals surface area contributed by atoms with Gasteiger partial charge in [-0.05, 0) is 12.5 Å². The van der Waals surface area contributed by atoms with Gasteiger partial charge in [0.2, 0.25) is 0 Å². The maximum Gasteiger partial charge on any atom is 0.139 e. The highest BCUT2D eigenvalue weighted by atomic mass is 35.5. The summed E-state index contributed by atoms with van der Waals surface area (Å²) in [5.41, 5.74) is 6.38. The van der Waals surface area contributed by atoms with Crippen LogP contribution in [0.1, 0.15) is 37.8 Å². The molecule has 0 aliphatic carbocycles. The monoisotopic (exact) mass is 279 g/mol.